The molecule has 3 atom stereocenters. The number of cyclic esters (lactones) is 1. The highest BCUT2D eigenvalue weighted by Crippen LogP contribution is 2.24. The van der Waals surface area contributed by atoms with Gasteiger partial charge in [-0.05, 0) is 37.7 Å². The van der Waals surface area contributed by atoms with E-state index in [-0.39, 0.29) is 43.5 Å². The van der Waals surface area contributed by atoms with E-state index in [0.717, 1.165) is 18.4 Å². The van der Waals surface area contributed by atoms with E-state index in [2.05, 4.69) is 5.32 Å². The maximum Gasteiger partial charge on any atom is 0.306 e. The minimum Gasteiger partial charge on any atom is -0.463 e. The summed E-state index contributed by atoms with van der Waals surface area (Å²) in [5.41, 5.74) is 1.03. The lowest BCUT2D eigenvalue weighted by Crippen LogP contribution is -2.45. The number of esters is 1. The molecule has 1 aromatic carbocycles. The van der Waals surface area contributed by atoms with Gasteiger partial charge in [0.15, 0.2) is 0 Å². The van der Waals surface area contributed by atoms with Gasteiger partial charge in [0.2, 0.25) is 11.8 Å². The van der Waals surface area contributed by atoms with Gasteiger partial charge in [-0.1, -0.05) is 42.5 Å². The Hall–Kier alpha value is -2.67. The first-order valence-electron chi connectivity index (χ1n) is 11.1. The number of hydrogen-bond acceptors (Lipinski definition) is 5. The summed E-state index contributed by atoms with van der Waals surface area (Å²) in [7, 11) is 0. The van der Waals surface area contributed by atoms with E-state index in [0.29, 0.717) is 32.2 Å². The standard InChI is InChI=1S/C24H32N2O5/c27-16-20(14-18-8-3-1-4-9-18)25-22(28)15-19-10-5-2-6-12-23(29)31-17-21-11-7-13-26(21)24(19)30/h1-5,8-9,19-21,27H,6-7,10-17H2,(H,25,28)/b5-2-/t19-,20-,21-/m0/s1. The fourth-order valence-electron chi connectivity index (χ4n) is 4.22. The number of aliphatic hydroxyl groups excluding tert-OH is 1. The van der Waals surface area contributed by atoms with Gasteiger partial charge in [-0.3, -0.25) is 14.4 Å². The quantitative estimate of drug-likeness (QED) is 0.534. The maximum absolute atomic E-state index is 13.2. The Kier molecular flexibility index (Phi) is 8.64. The van der Waals surface area contributed by atoms with Crippen molar-refractivity contribution in [2.45, 2.75) is 57.0 Å². The van der Waals surface area contributed by atoms with E-state index in [1.165, 1.54) is 0 Å². The first-order valence-corrected chi connectivity index (χ1v) is 11.1. The number of aliphatic hydroxyl groups is 1. The molecule has 7 heteroatoms. The van der Waals surface area contributed by atoms with Crippen molar-refractivity contribution in [2.75, 3.05) is 19.8 Å². The molecule has 7 nitrogen and oxygen atoms in total. The second kappa shape index (κ2) is 11.6. The highest BCUT2D eigenvalue weighted by Gasteiger charge is 2.34. The number of nitrogens with one attached hydrogen (secondary N) is 1. The minimum absolute atomic E-state index is 0.0669. The molecule has 31 heavy (non-hydrogen) atoms. The van der Waals surface area contributed by atoms with E-state index in [1.807, 2.05) is 42.5 Å². The average Bonchev–Trinajstić information content (AvgIpc) is 3.24. The molecular weight excluding hydrogens is 396 g/mol. The Morgan fingerprint density at radius 1 is 1.23 bits per heavy atom. The second-order valence-electron chi connectivity index (χ2n) is 8.29. The summed E-state index contributed by atoms with van der Waals surface area (Å²) in [6.07, 6.45) is 7.34. The predicted molar refractivity (Wildman–Crippen MR) is 116 cm³/mol. The van der Waals surface area contributed by atoms with Gasteiger partial charge < -0.3 is 20.1 Å². The molecule has 0 unspecified atom stereocenters. The Morgan fingerprint density at radius 3 is 2.81 bits per heavy atom. The van der Waals surface area contributed by atoms with E-state index in [1.54, 1.807) is 4.90 Å². The van der Waals surface area contributed by atoms with Crippen molar-refractivity contribution in [3.8, 4) is 0 Å². The van der Waals surface area contributed by atoms with Crippen molar-refractivity contribution < 1.29 is 24.2 Å². The predicted octanol–water partition coefficient (Wildman–Crippen LogP) is 1.99. The molecular formula is C24H32N2O5. The van der Waals surface area contributed by atoms with Crippen LogP contribution in [0, 0.1) is 5.92 Å². The van der Waals surface area contributed by atoms with Crippen LogP contribution in [0.4, 0.5) is 0 Å². The van der Waals surface area contributed by atoms with E-state index >= 15 is 0 Å². The molecule has 0 bridgehead atoms. The zero-order valence-corrected chi connectivity index (χ0v) is 17.9. The molecule has 2 heterocycles. The van der Waals surface area contributed by atoms with Crippen LogP contribution in [0.3, 0.4) is 0 Å². The fraction of sp³-hybridized carbons (Fsp3) is 0.542. The average molecular weight is 429 g/mol. The molecule has 1 aromatic rings. The highest BCUT2D eigenvalue weighted by atomic mass is 16.5. The zero-order chi connectivity index (χ0) is 22.1. The Balaban J connectivity index is 1.64. The number of hydrogen-bond donors (Lipinski definition) is 2. The van der Waals surface area contributed by atoms with Gasteiger partial charge in [0.25, 0.3) is 0 Å². The number of amides is 2. The molecule has 0 aromatic heterocycles. The molecule has 168 valence electrons. The zero-order valence-electron chi connectivity index (χ0n) is 17.9. The third kappa shape index (κ3) is 6.92. The van der Waals surface area contributed by atoms with Crippen LogP contribution >= 0.6 is 0 Å². The van der Waals surface area contributed by atoms with Gasteiger partial charge in [-0.15, -0.1) is 0 Å². The number of benzene rings is 1. The first kappa shape index (κ1) is 23.0. The number of ether oxygens (including phenoxy) is 1. The molecule has 2 aliphatic rings. The fourth-order valence-corrected chi connectivity index (χ4v) is 4.22. The SMILES string of the molecule is O=C(C[C@@H]1C/C=C\CCC(=O)OC[C@@H]2CCCN2C1=O)N[C@H](CO)Cc1ccccc1. The summed E-state index contributed by atoms with van der Waals surface area (Å²) in [6.45, 7) is 0.672. The van der Waals surface area contributed by atoms with Crippen molar-refractivity contribution in [1.82, 2.24) is 10.2 Å². The summed E-state index contributed by atoms with van der Waals surface area (Å²) in [5, 5.41) is 12.6. The van der Waals surface area contributed by atoms with Crippen LogP contribution in [-0.2, 0) is 25.5 Å². The summed E-state index contributed by atoms with van der Waals surface area (Å²) >= 11 is 0. The number of carbonyl (C=O) groups is 3. The molecule has 0 aliphatic carbocycles. The molecule has 1 fully saturated rings. The normalized spacial score (nSPS) is 24.4. The lowest BCUT2D eigenvalue weighted by molar-refractivity contribution is -0.148. The number of carbonyl (C=O) groups excluding carboxylic acids is 3. The summed E-state index contributed by atoms with van der Waals surface area (Å²) < 4.78 is 5.34. The van der Waals surface area contributed by atoms with Gasteiger partial charge in [0.1, 0.15) is 6.61 Å². The Morgan fingerprint density at radius 2 is 2.03 bits per heavy atom. The number of nitrogens with zero attached hydrogens (tertiary/aromatic N) is 1. The van der Waals surface area contributed by atoms with Gasteiger partial charge in [0, 0.05) is 19.4 Å². The third-order valence-electron chi connectivity index (χ3n) is 5.89. The van der Waals surface area contributed by atoms with Crippen molar-refractivity contribution >= 4 is 17.8 Å². The van der Waals surface area contributed by atoms with Crippen LogP contribution in [0.15, 0.2) is 42.5 Å². The molecule has 2 amide bonds. The Bertz CT molecular complexity index is 779. The summed E-state index contributed by atoms with van der Waals surface area (Å²) in [5.74, 6) is -1.02. The van der Waals surface area contributed by atoms with Crippen molar-refractivity contribution in [3.63, 3.8) is 0 Å². The van der Waals surface area contributed by atoms with E-state index < -0.39 is 12.0 Å². The molecule has 0 saturated carbocycles. The number of allylic oxidation sites excluding steroid dienone is 2. The molecule has 2 N–H and O–H groups in total. The lowest BCUT2D eigenvalue weighted by atomic mass is 9.97. The molecule has 0 radical (unpaired) electrons. The molecule has 2 aliphatic heterocycles. The van der Waals surface area contributed by atoms with Crippen LogP contribution < -0.4 is 5.32 Å². The molecule has 0 spiro atoms. The van der Waals surface area contributed by atoms with Gasteiger partial charge in [-0.25, -0.2) is 0 Å². The smallest absolute Gasteiger partial charge is 0.306 e. The van der Waals surface area contributed by atoms with Crippen molar-refractivity contribution in [2.24, 2.45) is 5.92 Å². The monoisotopic (exact) mass is 428 g/mol. The van der Waals surface area contributed by atoms with Crippen LogP contribution in [0.25, 0.3) is 0 Å². The van der Waals surface area contributed by atoms with Crippen molar-refractivity contribution in [3.05, 3.63) is 48.0 Å². The maximum atomic E-state index is 13.2. The van der Waals surface area contributed by atoms with Gasteiger partial charge in [-0.2, -0.15) is 0 Å². The van der Waals surface area contributed by atoms with Crippen LogP contribution in [0.2, 0.25) is 0 Å². The third-order valence-corrected chi connectivity index (χ3v) is 5.89. The number of rotatable bonds is 6. The highest BCUT2D eigenvalue weighted by molar-refractivity contribution is 5.86. The topological polar surface area (TPSA) is 95.9 Å². The van der Waals surface area contributed by atoms with Crippen LogP contribution in [0.5, 0.6) is 0 Å². The molecule has 1 saturated heterocycles. The minimum atomic E-state index is -0.469. The number of fused-ring (bicyclic) bond motifs is 1. The van der Waals surface area contributed by atoms with E-state index in [4.69, 9.17) is 4.74 Å². The summed E-state index contributed by atoms with van der Waals surface area (Å²) in [4.78, 5) is 39.5. The van der Waals surface area contributed by atoms with Crippen LogP contribution in [0.1, 0.15) is 44.1 Å². The van der Waals surface area contributed by atoms with E-state index in [9.17, 15) is 19.5 Å². The second-order valence-corrected chi connectivity index (χ2v) is 8.29. The summed E-state index contributed by atoms with van der Waals surface area (Å²) in [6, 6.07) is 9.16. The Labute approximate surface area is 183 Å². The lowest BCUT2D eigenvalue weighted by Gasteiger charge is -2.29. The molecule has 3 rings (SSSR count). The largest absolute Gasteiger partial charge is 0.463 e. The van der Waals surface area contributed by atoms with Gasteiger partial charge in [0.05, 0.1) is 24.6 Å². The van der Waals surface area contributed by atoms with Crippen LogP contribution in [-0.4, -0.2) is 59.6 Å². The van der Waals surface area contributed by atoms with Gasteiger partial charge >= 0.3 is 5.97 Å². The van der Waals surface area contributed by atoms with Crippen molar-refractivity contribution in [1.29, 1.82) is 0 Å². The first-order chi connectivity index (χ1) is 15.1.